The highest BCUT2D eigenvalue weighted by Gasteiger charge is 2.14. The number of aryl methyl sites for hydroxylation is 1. The number of benzene rings is 1. The maximum absolute atomic E-state index is 12.5. The summed E-state index contributed by atoms with van der Waals surface area (Å²) in [5.74, 6) is 1.12. The van der Waals surface area contributed by atoms with Crippen LogP contribution in [0.15, 0.2) is 34.7 Å². The lowest BCUT2D eigenvalue weighted by Crippen LogP contribution is -1.93. The van der Waals surface area contributed by atoms with Gasteiger partial charge in [-0.25, -0.2) is 9.97 Å². The van der Waals surface area contributed by atoms with Gasteiger partial charge in [0.2, 0.25) is 0 Å². The Balaban J connectivity index is 2.17. The predicted octanol–water partition coefficient (Wildman–Crippen LogP) is 5.38. The molecule has 0 radical (unpaired) electrons. The zero-order valence-electron chi connectivity index (χ0n) is 11.3. The molecule has 3 rings (SSSR count). The zero-order valence-corrected chi connectivity index (χ0v) is 13.7. The fourth-order valence-corrected chi connectivity index (χ4v) is 4.09. The van der Waals surface area contributed by atoms with Crippen LogP contribution in [-0.4, -0.2) is 22.4 Å². The van der Waals surface area contributed by atoms with Crippen molar-refractivity contribution in [1.82, 2.24) is 9.97 Å². The SMILES string of the molecule is Cc1nc(SCCF)c2c(-c3ccc(Cl)cc3)csc2n1. The van der Waals surface area contributed by atoms with E-state index in [0.29, 0.717) is 16.6 Å². The number of nitrogens with zero attached hydrogens (tertiary/aromatic N) is 2. The van der Waals surface area contributed by atoms with Crippen LogP contribution < -0.4 is 0 Å². The average Bonchev–Trinajstić information content (AvgIpc) is 2.89. The molecule has 0 saturated heterocycles. The molecule has 2 nitrogen and oxygen atoms in total. The molecule has 0 spiro atoms. The van der Waals surface area contributed by atoms with Gasteiger partial charge in [-0.2, -0.15) is 0 Å². The Hall–Kier alpha value is -1.17. The van der Waals surface area contributed by atoms with Crippen LogP contribution in [0.3, 0.4) is 0 Å². The van der Waals surface area contributed by atoms with E-state index < -0.39 is 0 Å². The number of alkyl halides is 1. The van der Waals surface area contributed by atoms with E-state index in [1.807, 2.05) is 31.2 Å². The molecule has 0 bridgehead atoms. The summed E-state index contributed by atoms with van der Waals surface area (Å²) in [6, 6.07) is 7.69. The molecule has 0 unspecified atom stereocenters. The molecule has 0 aliphatic heterocycles. The standard InChI is InChI=1S/C15H12ClFN2S2/c1-9-18-14(20-7-6-17)13-12(8-21-15(13)19-9)10-2-4-11(16)5-3-10/h2-5,8H,6-7H2,1H3. The van der Waals surface area contributed by atoms with Crippen LogP contribution >= 0.6 is 34.7 Å². The number of thioether (sulfide) groups is 1. The number of hydrogen-bond donors (Lipinski definition) is 0. The number of halogens is 2. The van der Waals surface area contributed by atoms with Crippen LogP contribution in [0.5, 0.6) is 0 Å². The number of rotatable bonds is 4. The Morgan fingerprint density at radius 3 is 2.71 bits per heavy atom. The Morgan fingerprint density at radius 1 is 1.24 bits per heavy atom. The molecule has 6 heteroatoms. The van der Waals surface area contributed by atoms with Gasteiger partial charge in [-0.3, -0.25) is 4.39 Å². The van der Waals surface area contributed by atoms with Crippen molar-refractivity contribution in [3.63, 3.8) is 0 Å². The molecule has 3 aromatic rings. The maximum atomic E-state index is 12.5. The Kier molecular flexibility index (Phi) is 4.42. The molecule has 0 aliphatic rings. The van der Waals surface area contributed by atoms with Crippen molar-refractivity contribution in [2.24, 2.45) is 0 Å². The normalized spacial score (nSPS) is 11.2. The van der Waals surface area contributed by atoms with Gasteiger partial charge < -0.3 is 0 Å². The van der Waals surface area contributed by atoms with Crippen molar-refractivity contribution >= 4 is 44.9 Å². The van der Waals surface area contributed by atoms with E-state index in [2.05, 4.69) is 15.3 Å². The number of aromatic nitrogens is 2. The summed E-state index contributed by atoms with van der Waals surface area (Å²) >= 11 is 8.96. The van der Waals surface area contributed by atoms with Crippen molar-refractivity contribution in [2.75, 3.05) is 12.4 Å². The first-order chi connectivity index (χ1) is 10.2. The van der Waals surface area contributed by atoms with Gasteiger partial charge in [-0.1, -0.05) is 23.7 Å². The monoisotopic (exact) mass is 338 g/mol. The van der Waals surface area contributed by atoms with E-state index in [9.17, 15) is 4.39 Å². The van der Waals surface area contributed by atoms with Crippen molar-refractivity contribution in [3.05, 3.63) is 40.5 Å². The summed E-state index contributed by atoms with van der Waals surface area (Å²) < 4.78 is 12.5. The number of hydrogen-bond acceptors (Lipinski definition) is 4. The minimum absolute atomic E-state index is 0.365. The lowest BCUT2D eigenvalue weighted by molar-refractivity contribution is 0.532. The summed E-state index contributed by atoms with van der Waals surface area (Å²) in [5.41, 5.74) is 2.15. The molecule has 0 atom stereocenters. The van der Waals surface area contributed by atoms with E-state index in [1.165, 1.54) is 11.8 Å². The van der Waals surface area contributed by atoms with Crippen molar-refractivity contribution < 1.29 is 4.39 Å². The summed E-state index contributed by atoms with van der Waals surface area (Å²) in [6.45, 7) is 1.50. The third-order valence-corrected chi connectivity index (χ3v) is 5.03. The fourth-order valence-electron chi connectivity index (χ4n) is 2.09. The molecule has 0 amide bonds. The van der Waals surface area contributed by atoms with Crippen LogP contribution in [0.2, 0.25) is 5.02 Å². The minimum Gasteiger partial charge on any atom is -0.250 e. The van der Waals surface area contributed by atoms with Gasteiger partial charge in [0.05, 0.1) is 12.1 Å². The van der Waals surface area contributed by atoms with Gasteiger partial charge in [-0.15, -0.1) is 23.1 Å². The number of thiophene rings is 1. The van der Waals surface area contributed by atoms with Gasteiger partial charge >= 0.3 is 0 Å². The largest absolute Gasteiger partial charge is 0.250 e. The molecule has 0 aliphatic carbocycles. The van der Waals surface area contributed by atoms with Crippen LogP contribution in [0, 0.1) is 6.92 Å². The topological polar surface area (TPSA) is 25.8 Å². The third-order valence-electron chi connectivity index (χ3n) is 2.98. The molecule has 0 N–H and O–H groups in total. The Bertz CT molecular complexity index is 771. The molecule has 21 heavy (non-hydrogen) atoms. The van der Waals surface area contributed by atoms with Crippen molar-refractivity contribution in [1.29, 1.82) is 0 Å². The van der Waals surface area contributed by atoms with Gasteiger partial charge in [-0.05, 0) is 24.6 Å². The summed E-state index contributed by atoms with van der Waals surface area (Å²) in [6.07, 6.45) is 0. The van der Waals surface area contributed by atoms with Crippen LogP contribution in [-0.2, 0) is 0 Å². The summed E-state index contributed by atoms with van der Waals surface area (Å²) in [7, 11) is 0. The molecule has 2 heterocycles. The molecule has 0 saturated carbocycles. The quantitative estimate of drug-likeness (QED) is 0.471. The molecule has 0 fully saturated rings. The smallest absolute Gasteiger partial charge is 0.128 e. The van der Waals surface area contributed by atoms with Gasteiger partial charge in [0, 0.05) is 21.7 Å². The van der Waals surface area contributed by atoms with Crippen LogP contribution in [0.4, 0.5) is 4.39 Å². The molecular formula is C15H12ClFN2S2. The first kappa shape index (κ1) is 14.8. The first-order valence-electron chi connectivity index (χ1n) is 6.39. The molecule has 108 valence electrons. The highest BCUT2D eigenvalue weighted by Crippen LogP contribution is 2.38. The predicted molar refractivity (Wildman–Crippen MR) is 89.3 cm³/mol. The second-order valence-corrected chi connectivity index (χ2v) is 6.83. The zero-order chi connectivity index (χ0) is 14.8. The van der Waals surface area contributed by atoms with Crippen molar-refractivity contribution in [3.8, 4) is 11.1 Å². The Morgan fingerprint density at radius 2 is 2.00 bits per heavy atom. The van der Waals surface area contributed by atoms with Crippen LogP contribution in [0.1, 0.15) is 5.82 Å². The Labute approximate surface area is 135 Å². The average molecular weight is 339 g/mol. The highest BCUT2D eigenvalue weighted by atomic mass is 35.5. The van der Waals surface area contributed by atoms with Gasteiger partial charge in [0.15, 0.2) is 0 Å². The van der Waals surface area contributed by atoms with E-state index >= 15 is 0 Å². The van der Waals surface area contributed by atoms with Gasteiger partial charge in [0.25, 0.3) is 0 Å². The lowest BCUT2D eigenvalue weighted by Gasteiger charge is -2.06. The minimum atomic E-state index is -0.365. The highest BCUT2D eigenvalue weighted by molar-refractivity contribution is 7.99. The van der Waals surface area contributed by atoms with Crippen LogP contribution in [0.25, 0.3) is 21.3 Å². The van der Waals surface area contributed by atoms with Crippen molar-refractivity contribution in [2.45, 2.75) is 11.9 Å². The van der Waals surface area contributed by atoms with E-state index in [0.717, 1.165) is 26.4 Å². The molecular weight excluding hydrogens is 327 g/mol. The second-order valence-electron chi connectivity index (χ2n) is 4.45. The second kappa shape index (κ2) is 6.30. The van der Waals surface area contributed by atoms with E-state index in [4.69, 9.17) is 11.6 Å². The van der Waals surface area contributed by atoms with Gasteiger partial charge in [0.1, 0.15) is 15.7 Å². The summed E-state index contributed by atoms with van der Waals surface area (Å²) in [4.78, 5) is 9.90. The maximum Gasteiger partial charge on any atom is 0.128 e. The fraction of sp³-hybridized carbons (Fsp3) is 0.200. The molecule has 1 aromatic carbocycles. The number of fused-ring (bicyclic) bond motifs is 1. The first-order valence-corrected chi connectivity index (χ1v) is 8.64. The summed E-state index contributed by atoms with van der Waals surface area (Å²) in [5, 5.41) is 4.63. The third kappa shape index (κ3) is 3.05. The molecule has 2 aromatic heterocycles. The van der Waals surface area contributed by atoms with E-state index in [-0.39, 0.29) is 6.67 Å². The lowest BCUT2D eigenvalue weighted by atomic mass is 10.1. The van der Waals surface area contributed by atoms with E-state index in [1.54, 1.807) is 11.3 Å².